The van der Waals surface area contributed by atoms with Crippen molar-refractivity contribution in [2.45, 2.75) is 39.2 Å². The Morgan fingerprint density at radius 1 is 1.25 bits per heavy atom. The monoisotopic (exact) mass is 381 g/mol. The fourth-order valence-corrected chi connectivity index (χ4v) is 3.82. The molecule has 2 fully saturated rings. The van der Waals surface area contributed by atoms with Crippen molar-refractivity contribution in [1.29, 1.82) is 0 Å². The molecule has 0 N–H and O–H groups in total. The second-order valence-corrected chi connectivity index (χ2v) is 8.24. The summed E-state index contributed by atoms with van der Waals surface area (Å²) in [6.07, 6.45) is 2.77. The third-order valence-electron chi connectivity index (χ3n) is 5.72. The average molecular weight is 381 g/mol. The van der Waals surface area contributed by atoms with E-state index in [1.54, 1.807) is 11.0 Å². The van der Waals surface area contributed by atoms with Gasteiger partial charge in [-0.1, -0.05) is 49.3 Å². The van der Waals surface area contributed by atoms with Gasteiger partial charge in [-0.25, -0.2) is 0 Å². The molecule has 1 aromatic heterocycles. The number of hydrogen-bond donors (Lipinski definition) is 0. The van der Waals surface area contributed by atoms with E-state index >= 15 is 0 Å². The summed E-state index contributed by atoms with van der Waals surface area (Å²) in [6.45, 7) is 6.02. The number of nitrogens with zero attached hydrogens (tertiary/aromatic N) is 3. The van der Waals surface area contributed by atoms with Crippen LogP contribution >= 0.6 is 0 Å². The molecule has 0 bridgehead atoms. The molecule has 6 nitrogen and oxygen atoms in total. The Morgan fingerprint density at radius 3 is 2.68 bits per heavy atom. The number of aromatic nitrogens is 1. The van der Waals surface area contributed by atoms with E-state index in [1.165, 1.54) is 12.8 Å². The van der Waals surface area contributed by atoms with Gasteiger partial charge >= 0.3 is 0 Å². The van der Waals surface area contributed by atoms with Crippen LogP contribution in [-0.4, -0.2) is 52.4 Å². The third kappa shape index (κ3) is 3.96. The Balaban J connectivity index is 1.52. The van der Waals surface area contributed by atoms with Gasteiger partial charge < -0.3 is 14.3 Å². The smallest absolute Gasteiger partial charge is 0.292 e. The van der Waals surface area contributed by atoms with Crippen LogP contribution < -0.4 is 0 Å². The van der Waals surface area contributed by atoms with Gasteiger partial charge in [0, 0.05) is 37.7 Å². The van der Waals surface area contributed by atoms with Crippen molar-refractivity contribution >= 4 is 11.8 Å². The van der Waals surface area contributed by atoms with E-state index < -0.39 is 0 Å². The summed E-state index contributed by atoms with van der Waals surface area (Å²) in [5, 5.41) is 4.06. The van der Waals surface area contributed by atoms with E-state index in [-0.39, 0.29) is 29.5 Å². The van der Waals surface area contributed by atoms with Crippen LogP contribution in [0.1, 0.15) is 43.7 Å². The van der Waals surface area contributed by atoms with Crippen LogP contribution in [0.4, 0.5) is 0 Å². The fourth-order valence-electron chi connectivity index (χ4n) is 3.82. The van der Waals surface area contributed by atoms with Crippen molar-refractivity contribution in [1.82, 2.24) is 15.0 Å². The second-order valence-electron chi connectivity index (χ2n) is 8.24. The van der Waals surface area contributed by atoms with E-state index in [4.69, 9.17) is 4.52 Å². The minimum Gasteiger partial charge on any atom is -0.350 e. The number of rotatable bonds is 5. The first-order valence-electron chi connectivity index (χ1n) is 10.1. The first kappa shape index (κ1) is 18.7. The number of carbonyl (C=O) groups excluding carboxylic acids is 2. The summed E-state index contributed by atoms with van der Waals surface area (Å²) >= 11 is 0. The molecule has 4 rings (SSSR count). The van der Waals surface area contributed by atoms with Gasteiger partial charge in [0.2, 0.25) is 11.7 Å². The van der Waals surface area contributed by atoms with Gasteiger partial charge in [0.1, 0.15) is 5.69 Å². The van der Waals surface area contributed by atoms with Gasteiger partial charge in [0.05, 0.1) is 6.04 Å². The molecular weight excluding hydrogens is 354 g/mol. The lowest BCUT2D eigenvalue weighted by atomic mass is 10.0. The molecule has 2 aromatic rings. The minimum atomic E-state index is -0.193. The quantitative estimate of drug-likeness (QED) is 0.796. The summed E-state index contributed by atoms with van der Waals surface area (Å²) in [6, 6.07) is 11.4. The molecular formula is C22H27N3O3. The zero-order chi connectivity index (χ0) is 19.7. The molecule has 1 unspecified atom stereocenters. The number of amides is 2. The highest BCUT2D eigenvalue weighted by Crippen LogP contribution is 2.32. The summed E-state index contributed by atoms with van der Waals surface area (Å²) < 4.78 is 5.36. The minimum absolute atomic E-state index is 0.0380. The van der Waals surface area contributed by atoms with E-state index in [1.807, 2.05) is 35.2 Å². The van der Waals surface area contributed by atoms with Gasteiger partial charge in [-0.15, -0.1) is 0 Å². The van der Waals surface area contributed by atoms with Gasteiger partial charge in [0.25, 0.3) is 5.91 Å². The van der Waals surface area contributed by atoms with Crippen molar-refractivity contribution in [3.05, 3.63) is 42.2 Å². The largest absolute Gasteiger partial charge is 0.350 e. The maximum absolute atomic E-state index is 13.1. The van der Waals surface area contributed by atoms with E-state index in [0.717, 1.165) is 12.1 Å². The predicted octanol–water partition coefficient (Wildman–Crippen LogP) is 3.45. The number of benzene rings is 1. The number of carbonyl (C=O) groups is 2. The Bertz CT molecular complexity index is 842. The van der Waals surface area contributed by atoms with Crippen LogP contribution in [0.15, 0.2) is 40.9 Å². The summed E-state index contributed by atoms with van der Waals surface area (Å²) in [7, 11) is 0. The van der Waals surface area contributed by atoms with Crippen LogP contribution in [-0.2, 0) is 4.79 Å². The molecule has 2 amide bonds. The maximum atomic E-state index is 13.1. The predicted molar refractivity (Wildman–Crippen MR) is 106 cm³/mol. The van der Waals surface area contributed by atoms with Crippen molar-refractivity contribution in [2.24, 2.45) is 11.8 Å². The van der Waals surface area contributed by atoms with Crippen molar-refractivity contribution in [2.75, 3.05) is 19.6 Å². The van der Waals surface area contributed by atoms with Crippen LogP contribution in [0.5, 0.6) is 0 Å². The first-order valence-corrected chi connectivity index (χ1v) is 10.1. The summed E-state index contributed by atoms with van der Waals surface area (Å²) in [5.74, 6) is 1.11. The Labute approximate surface area is 165 Å². The molecule has 6 heteroatoms. The highest BCUT2D eigenvalue weighted by molar-refractivity contribution is 5.93. The molecule has 1 atom stereocenters. The zero-order valence-electron chi connectivity index (χ0n) is 16.5. The van der Waals surface area contributed by atoms with Gasteiger partial charge in [-0.2, -0.15) is 0 Å². The third-order valence-corrected chi connectivity index (χ3v) is 5.72. The summed E-state index contributed by atoms with van der Waals surface area (Å²) in [4.78, 5) is 29.6. The second kappa shape index (κ2) is 7.78. The molecule has 1 aromatic carbocycles. The first-order chi connectivity index (χ1) is 13.5. The molecule has 0 spiro atoms. The average Bonchev–Trinajstić information content (AvgIpc) is 3.42. The van der Waals surface area contributed by atoms with Crippen LogP contribution in [0.2, 0.25) is 0 Å². The van der Waals surface area contributed by atoms with Crippen LogP contribution in [0, 0.1) is 11.8 Å². The Morgan fingerprint density at radius 2 is 2.00 bits per heavy atom. The summed E-state index contributed by atoms with van der Waals surface area (Å²) in [5.41, 5.74) is 1.55. The van der Waals surface area contributed by atoms with Gasteiger partial charge in [-0.3, -0.25) is 9.59 Å². The lowest BCUT2D eigenvalue weighted by Gasteiger charge is -2.34. The van der Waals surface area contributed by atoms with E-state index in [9.17, 15) is 9.59 Å². The van der Waals surface area contributed by atoms with Gasteiger partial charge in [0.15, 0.2) is 0 Å². The van der Waals surface area contributed by atoms with Crippen LogP contribution in [0.3, 0.4) is 0 Å². The van der Waals surface area contributed by atoms with Crippen molar-refractivity contribution in [3.8, 4) is 11.3 Å². The Kier molecular flexibility index (Phi) is 5.20. The van der Waals surface area contributed by atoms with Gasteiger partial charge in [-0.05, 0) is 24.7 Å². The molecule has 2 heterocycles. The normalized spacial score (nSPS) is 20.5. The van der Waals surface area contributed by atoms with Crippen LogP contribution in [0.25, 0.3) is 11.3 Å². The molecule has 148 valence electrons. The van der Waals surface area contributed by atoms with Crippen molar-refractivity contribution < 1.29 is 14.1 Å². The topological polar surface area (TPSA) is 66.7 Å². The Hall–Kier alpha value is -2.63. The maximum Gasteiger partial charge on any atom is 0.292 e. The van der Waals surface area contributed by atoms with E-state index in [2.05, 4.69) is 19.0 Å². The highest BCUT2D eigenvalue weighted by atomic mass is 16.5. The molecule has 1 aliphatic heterocycles. The molecule has 2 aliphatic rings. The molecule has 28 heavy (non-hydrogen) atoms. The lowest BCUT2D eigenvalue weighted by molar-refractivity contribution is -0.133. The molecule has 1 saturated carbocycles. The highest BCUT2D eigenvalue weighted by Gasteiger charge is 2.37. The van der Waals surface area contributed by atoms with Crippen molar-refractivity contribution in [3.63, 3.8) is 0 Å². The molecule has 1 saturated heterocycles. The zero-order valence-corrected chi connectivity index (χ0v) is 16.5. The van der Waals surface area contributed by atoms with E-state index in [0.29, 0.717) is 31.1 Å². The SMILES string of the molecule is CC(C)C1CN(C(=O)c2cc(-c3ccccc3)no2)CCC(=O)N1CC1CC1. The fraction of sp³-hybridized carbons (Fsp3) is 0.500. The lowest BCUT2D eigenvalue weighted by Crippen LogP contribution is -2.48. The molecule has 1 aliphatic carbocycles. The number of hydrogen-bond acceptors (Lipinski definition) is 4. The molecule has 0 radical (unpaired) electrons. The standard InChI is InChI=1S/C22H27N3O3/c1-15(2)19-14-24(11-10-21(26)25(19)13-16-8-9-16)22(27)20-12-18(23-28-20)17-6-4-3-5-7-17/h3-7,12,15-16,19H,8-11,13-14H2,1-2H3.